The fourth-order valence-electron chi connectivity index (χ4n) is 3.36. The third-order valence-electron chi connectivity index (χ3n) is 4.65. The number of carbonyl (C=O) groups is 1. The van der Waals surface area contributed by atoms with Crippen LogP contribution in [0.25, 0.3) is 5.57 Å². The van der Waals surface area contributed by atoms with Gasteiger partial charge in [0.25, 0.3) is 0 Å². The van der Waals surface area contributed by atoms with E-state index in [1.807, 2.05) is 44.2 Å². The van der Waals surface area contributed by atoms with Crippen LogP contribution < -0.4 is 10.0 Å². The van der Waals surface area contributed by atoms with E-state index >= 15 is 0 Å². The van der Waals surface area contributed by atoms with Crippen LogP contribution in [0.2, 0.25) is 0 Å². The minimum absolute atomic E-state index is 0.0775. The van der Waals surface area contributed by atoms with E-state index in [0.717, 1.165) is 11.3 Å². The molecule has 0 bridgehead atoms. The molecule has 2 N–H and O–H groups in total. The van der Waals surface area contributed by atoms with Crippen molar-refractivity contribution >= 4 is 23.1 Å². The fourth-order valence-corrected chi connectivity index (χ4v) is 3.36. The number of hydrogen-bond donors (Lipinski definition) is 2. The summed E-state index contributed by atoms with van der Waals surface area (Å²) in [7, 11) is 0. The summed E-state index contributed by atoms with van der Waals surface area (Å²) in [6.45, 7) is 3.91. The lowest BCUT2D eigenvalue weighted by molar-refractivity contribution is -0.309. The standard InChI is InChI=1S/C21H22N2O3/c1-13(2)18(21(25)26)15-8-10-16(11-9-15)23-12-17(24)19(20(23)22)14-6-4-3-5-7-14/h3-11,13,18,22,24H,12H2,1-2H3,(H,25,26)/p-1/t18-/m1/s1. The van der Waals surface area contributed by atoms with Gasteiger partial charge in [0.1, 0.15) is 11.6 Å². The van der Waals surface area contributed by atoms with Gasteiger partial charge in [-0.25, -0.2) is 0 Å². The molecule has 0 aromatic heterocycles. The number of amidine groups is 1. The molecule has 0 fully saturated rings. The molecule has 1 heterocycles. The highest BCUT2D eigenvalue weighted by Crippen LogP contribution is 2.32. The van der Waals surface area contributed by atoms with Gasteiger partial charge >= 0.3 is 0 Å². The van der Waals surface area contributed by atoms with Gasteiger partial charge in [-0.1, -0.05) is 56.3 Å². The quantitative estimate of drug-likeness (QED) is 0.869. The number of aliphatic carboxylic acids is 1. The first kappa shape index (κ1) is 17.7. The molecular formula is C21H21N2O3-. The molecule has 2 aromatic carbocycles. The highest BCUT2D eigenvalue weighted by molar-refractivity contribution is 6.30. The summed E-state index contributed by atoms with van der Waals surface area (Å²) in [6, 6.07) is 16.4. The summed E-state index contributed by atoms with van der Waals surface area (Å²) in [5.41, 5.74) is 2.72. The molecule has 1 aliphatic rings. The highest BCUT2D eigenvalue weighted by atomic mass is 16.4. The molecule has 5 heteroatoms. The van der Waals surface area contributed by atoms with Crippen molar-refractivity contribution in [3.05, 3.63) is 71.5 Å². The van der Waals surface area contributed by atoms with Crippen molar-refractivity contribution in [2.75, 3.05) is 11.4 Å². The molecule has 134 valence electrons. The maximum absolute atomic E-state index is 11.4. The number of carbonyl (C=O) groups excluding carboxylic acids is 1. The van der Waals surface area contributed by atoms with Crippen LogP contribution in [-0.2, 0) is 4.79 Å². The van der Waals surface area contributed by atoms with Crippen molar-refractivity contribution in [2.45, 2.75) is 19.8 Å². The number of aliphatic hydroxyl groups is 1. The molecule has 26 heavy (non-hydrogen) atoms. The number of carboxylic acid groups (broad SMARTS) is 1. The molecule has 0 saturated heterocycles. The summed E-state index contributed by atoms with van der Waals surface area (Å²) in [6.07, 6.45) is 0. The number of rotatable bonds is 5. The summed E-state index contributed by atoms with van der Waals surface area (Å²) >= 11 is 0. The molecule has 0 aliphatic carbocycles. The van der Waals surface area contributed by atoms with E-state index in [0.29, 0.717) is 11.1 Å². The van der Waals surface area contributed by atoms with Crippen molar-refractivity contribution in [3.8, 4) is 0 Å². The Morgan fingerprint density at radius 1 is 1.12 bits per heavy atom. The monoisotopic (exact) mass is 349 g/mol. The van der Waals surface area contributed by atoms with E-state index in [1.165, 1.54) is 0 Å². The molecule has 0 spiro atoms. The maximum atomic E-state index is 11.4. The van der Waals surface area contributed by atoms with E-state index < -0.39 is 11.9 Å². The van der Waals surface area contributed by atoms with Crippen molar-refractivity contribution in [1.29, 1.82) is 5.41 Å². The van der Waals surface area contributed by atoms with Gasteiger partial charge in [0.15, 0.2) is 0 Å². The van der Waals surface area contributed by atoms with Crippen molar-refractivity contribution in [1.82, 2.24) is 0 Å². The van der Waals surface area contributed by atoms with Crippen LogP contribution in [0, 0.1) is 11.3 Å². The SMILES string of the molecule is CC(C)[C@@H](C(=O)[O-])c1ccc(N2CC(O)=C(c3ccccc3)C2=N)cc1. The zero-order chi connectivity index (χ0) is 18.8. The number of nitrogens with one attached hydrogen (secondary N) is 1. The van der Waals surface area contributed by atoms with E-state index in [1.54, 1.807) is 29.2 Å². The number of anilines is 1. The number of carboxylic acids is 1. The van der Waals surface area contributed by atoms with Crippen LogP contribution in [-0.4, -0.2) is 23.5 Å². The summed E-state index contributed by atoms with van der Waals surface area (Å²) in [4.78, 5) is 13.1. The molecule has 2 aromatic rings. The molecule has 1 aliphatic heterocycles. The van der Waals surface area contributed by atoms with Gasteiger partial charge < -0.3 is 19.9 Å². The molecule has 5 nitrogen and oxygen atoms in total. The Labute approximate surface area is 152 Å². The zero-order valence-electron chi connectivity index (χ0n) is 14.8. The first-order chi connectivity index (χ1) is 12.4. The number of benzene rings is 2. The smallest absolute Gasteiger partial charge is 0.137 e. The average molecular weight is 349 g/mol. The van der Waals surface area contributed by atoms with Crippen LogP contribution in [0.1, 0.15) is 30.9 Å². The largest absolute Gasteiger partial charge is 0.549 e. The van der Waals surface area contributed by atoms with Crippen LogP contribution in [0.5, 0.6) is 0 Å². The lowest BCUT2D eigenvalue weighted by Gasteiger charge is -2.24. The van der Waals surface area contributed by atoms with Gasteiger partial charge in [0.05, 0.1) is 12.1 Å². The maximum Gasteiger partial charge on any atom is 0.137 e. The van der Waals surface area contributed by atoms with E-state index in [-0.39, 0.29) is 24.1 Å². The van der Waals surface area contributed by atoms with Crippen LogP contribution in [0.15, 0.2) is 60.4 Å². The Morgan fingerprint density at radius 3 is 2.27 bits per heavy atom. The molecule has 3 rings (SSSR count). The summed E-state index contributed by atoms with van der Waals surface area (Å²) in [5, 5.41) is 30.2. The first-order valence-corrected chi connectivity index (χ1v) is 8.55. The summed E-state index contributed by atoms with van der Waals surface area (Å²) in [5.74, 6) is -1.46. The predicted octanol–water partition coefficient (Wildman–Crippen LogP) is 2.94. The third-order valence-corrected chi connectivity index (χ3v) is 4.65. The van der Waals surface area contributed by atoms with Crippen LogP contribution in [0.4, 0.5) is 5.69 Å². The molecular weight excluding hydrogens is 328 g/mol. The Bertz CT molecular complexity index is 855. The second kappa shape index (κ2) is 7.04. The number of nitrogens with zero attached hydrogens (tertiary/aromatic N) is 1. The minimum atomic E-state index is -1.09. The average Bonchev–Trinajstić information content (AvgIpc) is 2.90. The lowest BCUT2D eigenvalue weighted by atomic mass is 9.88. The minimum Gasteiger partial charge on any atom is -0.549 e. The normalized spacial score (nSPS) is 15.7. The second-order valence-electron chi connectivity index (χ2n) is 6.75. The van der Waals surface area contributed by atoms with Gasteiger partial charge in [-0.05, 0) is 29.2 Å². The Hall–Kier alpha value is -3.08. The number of hydrogen-bond acceptors (Lipinski definition) is 4. The van der Waals surface area contributed by atoms with Crippen LogP contribution >= 0.6 is 0 Å². The first-order valence-electron chi connectivity index (χ1n) is 8.55. The molecule has 0 radical (unpaired) electrons. The third kappa shape index (κ3) is 3.20. The van der Waals surface area contributed by atoms with Gasteiger partial charge in [0, 0.05) is 17.6 Å². The van der Waals surface area contributed by atoms with E-state index in [9.17, 15) is 15.0 Å². The highest BCUT2D eigenvalue weighted by Gasteiger charge is 2.29. The van der Waals surface area contributed by atoms with Crippen molar-refractivity contribution in [3.63, 3.8) is 0 Å². The second-order valence-corrected chi connectivity index (χ2v) is 6.75. The summed E-state index contributed by atoms with van der Waals surface area (Å²) < 4.78 is 0. The van der Waals surface area contributed by atoms with Crippen molar-refractivity contribution < 1.29 is 15.0 Å². The Kier molecular flexibility index (Phi) is 4.80. The van der Waals surface area contributed by atoms with Crippen LogP contribution in [0.3, 0.4) is 0 Å². The fraction of sp³-hybridized carbons (Fsp3) is 0.238. The van der Waals surface area contributed by atoms with Gasteiger partial charge in [-0.15, -0.1) is 0 Å². The lowest BCUT2D eigenvalue weighted by Crippen LogP contribution is -2.32. The topological polar surface area (TPSA) is 87.4 Å². The Morgan fingerprint density at radius 2 is 1.73 bits per heavy atom. The predicted molar refractivity (Wildman–Crippen MR) is 100 cm³/mol. The van der Waals surface area contributed by atoms with E-state index in [2.05, 4.69) is 0 Å². The van der Waals surface area contributed by atoms with Crippen molar-refractivity contribution in [2.24, 2.45) is 5.92 Å². The number of aliphatic hydroxyl groups excluding tert-OH is 1. The molecule has 0 unspecified atom stereocenters. The Balaban J connectivity index is 1.86. The van der Waals surface area contributed by atoms with Gasteiger partial charge in [-0.3, -0.25) is 5.41 Å². The molecule has 0 saturated carbocycles. The van der Waals surface area contributed by atoms with Gasteiger partial charge in [-0.2, -0.15) is 0 Å². The molecule has 0 amide bonds. The van der Waals surface area contributed by atoms with E-state index in [4.69, 9.17) is 5.41 Å². The zero-order valence-corrected chi connectivity index (χ0v) is 14.8. The molecule has 1 atom stereocenters. The van der Waals surface area contributed by atoms with Gasteiger partial charge in [0.2, 0.25) is 0 Å².